The maximum absolute atomic E-state index is 14.1. The zero-order valence-electron chi connectivity index (χ0n) is 11.9. The Morgan fingerprint density at radius 2 is 1.96 bits per heavy atom. The van der Waals surface area contributed by atoms with Crippen molar-refractivity contribution >= 4 is 21.6 Å². The topological polar surface area (TPSA) is 52.0 Å². The Labute approximate surface area is 138 Å². The Balaban J connectivity index is 2.25. The number of halogens is 2. The van der Waals surface area contributed by atoms with E-state index in [9.17, 15) is 12.8 Å². The van der Waals surface area contributed by atoms with Crippen molar-refractivity contribution in [1.82, 2.24) is 8.96 Å². The molecular weight excluding hydrogens is 339 g/mol. The highest BCUT2D eigenvalue weighted by molar-refractivity contribution is 7.90. The van der Waals surface area contributed by atoms with Gasteiger partial charge in [0, 0.05) is 30.0 Å². The lowest BCUT2D eigenvalue weighted by atomic mass is 10.1. The molecular formula is C16H12ClFN2O2S. The molecule has 3 aromatic rings. The molecule has 23 heavy (non-hydrogen) atoms. The lowest BCUT2D eigenvalue weighted by molar-refractivity contribution is 0.587. The van der Waals surface area contributed by atoms with Crippen molar-refractivity contribution in [3.8, 4) is 11.3 Å². The maximum Gasteiger partial charge on any atom is 0.269 e. The zero-order valence-corrected chi connectivity index (χ0v) is 13.4. The molecule has 0 radical (unpaired) electrons. The molecule has 118 valence electrons. The van der Waals surface area contributed by atoms with Crippen LogP contribution in [0.5, 0.6) is 0 Å². The van der Waals surface area contributed by atoms with E-state index in [1.165, 1.54) is 42.9 Å². The van der Waals surface area contributed by atoms with Crippen LogP contribution in [0.25, 0.3) is 11.3 Å². The van der Waals surface area contributed by atoms with Crippen LogP contribution in [-0.4, -0.2) is 17.4 Å². The Morgan fingerprint density at radius 1 is 1.17 bits per heavy atom. The van der Waals surface area contributed by atoms with Gasteiger partial charge in [0.05, 0.1) is 5.69 Å². The van der Waals surface area contributed by atoms with Crippen molar-refractivity contribution in [3.63, 3.8) is 0 Å². The average molecular weight is 351 g/mol. The van der Waals surface area contributed by atoms with Crippen molar-refractivity contribution < 1.29 is 12.8 Å². The maximum atomic E-state index is 14.1. The molecule has 0 aliphatic rings. The van der Waals surface area contributed by atoms with E-state index in [1.54, 1.807) is 18.2 Å². The van der Waals surface area contributed by atoms with Crippen molar-refractivity contribution in [2.75, 3.05) is 0 Å². The van der Waals surface area contributed by atoms with Crippen molar-refractivity contribution in [2.45, 2.75) is 10.8 Å². The smallest absolute Gasteiger partial charge is 0.263 e. The van der Waals surface area contributed by atoms with Crippen LogP contribution in [0.2, 0.25) is 0 Å². The van der Waals surface area contributed by atoms with E-state index in [1.807, 2.05) is 0 Å². The average Bonchev–Trinajstić information content (AvgIpc) is 3.01. The number of aromatic nitrogens is 2. The fourth-order valence-electron chi connectivity index (χ4n) is 2.25. The summed E-state index contributed by atoms with van der Waals surface area (Å²) in [6.45, 7) is 0. The first-order valence-corrected chi connectivity index (χ1v) is 8.69. The summed E-state index contributed by atoms with van der Waals surface area (Å²) >= 11 is 5.82. The molecule has 0 amide bonds. The third kappa shape index (κ3) is 2.87. The highest BCUT2D eigenvalue weighted by Crippen LogP contribution is 2.29. The molecule has 0 bridgehead atoms. The van der Waals surface area contributed by atoms with Crippen molar-refractivity contribution in [1.29, 1.82) is 0 Å². The number of benzene rings is 1. The molecule has 0 fully saturated rings. The largest absolute Gasteiger partial charge is 0.269 e. The number of hydrogen-bond donors (Lipinski definition) is 0. The van der Waals surface area contributed by atoms with Crippen LogP contribution in [0.3, 0.4) is 0 Å². The van der Waals surface area contributed by atoms with E-state index in [-0.39, 0.29) is 22.0 Å². The minimum absolute atomic E-state index is 0.0225. The Hall–Kier alpha value is -2.18. The monoisotopic (exact) mass is 350 g/mol. The van der Waals surface area contributed by atoms with Crippen molar-refractivity contribution in [3.05, 3.63) is 72.4 Å². The Bertz CT molecular complexity index is 940. The molecule has 7 heteroatoms. The molecule has 0 aliphatic carbocycles. The number of rotatable bonds is 4. The summed E-state index contributed by atoms with van der Waals surface area (Å²) in [4.78, 5) is 3.85. The molecule has 0 saturated heterocycles. The van der Waals surface area contributed by atoms with Crippen molar-refractivity contribution in [2.24, 2.45) is 0 Å². The SMILES string of the molecule is O=S(=O)(c1cccnc1)n1cc(CCl)cc1-c1ccccc1F. The van der Waals surface area contributed by atoms with E-state index in [2.05, 4.69) is 4.98 Å². The molecule has 0 spiro atoms. The van der Waals surface area contributed by atoms with Crippen LogP contribution in [0, 0.1) is 5.82 Å². The van der Waals surface area contributed by atoms with Gasteiger partial charge < -0.3 is 0 Å². The van der Waals surface area contributed by atoms with E-state index in [0.29, 0.717) is 5.56 Å². The third-order valence-corrected chi connectivity index (χ3v) is 5.30. The van der Waals surface area contributed by atoms with Gasteiger partial charge in [0.25, 0.3) is 10.0 Å². The highest BCUT2D eigenvalue weighted by atomic mass is 35.5. The fraction of sp³-hybridized carbons (Fsp3) is 0.0625. The summed E-state index contributed by atoms with van der Waals surface area (Å²) in [5, 5.41) is 0. The first-order chi connectivity index (χ1) is 11.0. The minimum Gasteiger partial charge on any atom is -0.263 e. The lowest BCUT2D eigenvalue weighted by Crippen LogP contribution is -2.13. The molecule has 2 heterocycles. The van der Waals surface area contributed by atoms with Gasteiger partial charge in [-0.15, -0.1) is 11.6 Å². The molecule has 0 aliphatic heterocycles. The number of hydrogen-bond acceptors (Lipinski definition) is 3. The quantitative estimate of drug-likeness (QED) is 0.675. The molecule has 3 rings (SSSR count). The second-order valence-corrected chi connectivity index (χ2v) is 6.92. The first kappa shape index (κ1) is 15.7. The normalized spacial score (nSPS) is 11.6. The fourth-order valence-corrected chi connectivity index (χ4v) is 3.75. The second kappa shape index (κ2) is 6.14. The van der Waals surface area contributed by atoms with Crippen LogP contribution in [0.15, 0.2) is 66.0 Å². The molecule has 0 atom stereocenters. The van der Waals surface area contributed by atoms with Gasteiger partial charge in [-0.1, -0.05) is 12.1 Å². The molecule has 2 aromatic heterocycles. The van der Waals surface area contributed by atoms with E-state index >= 15 is 0 Å². The van der Waals surface area contributed by atoms with Crippen LogP contribution in [0.4, 0.5) is 4.39 Å². The third-order valence-electron chi connectivity index (χ3n) is 3.34. The van der Waals surface area contributed by atoms with Gasteiger partial charge in [0.1, 0.15) is 10.7 Å². The Kier molecular flexibility index (Phi) is 4.19. The number of nitrogens with zero attached hydrogens (tertiary/aromatic N) is 2. The molecule has 0 saturated carbocycles. The summed E-state index contributed by atoms with van der Waals surface area (Å²) < 4.78 is 40.8. The van der Waals surface area contributed by atoms with Gasteiger partial charge >= 0.3 is 0 Å². The van der Waals surface area contributed by atoms with Gasteiger partial charge in [-0.2, -0.15) is 0 Å². The summed E-state index contributed by atoms with van der Waals surface area (Å²) in [6.07, 6.45) is 4.13. The van der Waals surface area contributed by atoms with E-state index in [0.717, 1.165) is 3.97 Å². The zero-order chi connectivity index (χ0) is 16.4. The summed E-state index contributed by atoms with van der Waals surface area (Å²) in [6, 6.07) is 10.5. The summed E-state index contributed by atoms with van der Waals surface area (Å²) in [7, 11) is -3.89. The Morgan fingerprint density at radius 3 is 2.61 bits per heavy atom. The van der Waals surface area contributed by atoms with Crippen LogP contribution in [0.1, 0.15) is 5.56 Å². The van der Waals surface area contributed by atoms with Gasteiger partial charge in [-0.05, 0) is 35.9 Å². The van der Waals surface area contributed by atoms with E-state index < -0.39 is 15.8 Å². The van der Waals surface area contributed by atoms with E-state index in [4.69, 9.17) is 11.6 Å². The van der Waals surface area contributed by atoms with Gasteiger partial charge in [-0.3, -0.25) is 4.98 Å². The highest BCUT2D eigenvalue weighted by Gasteiger charge is 2.23. The predicted molar refractivity (Wildman–Crippen MR) is 86.2 cm³/mol. The van der Waals surface area contributed by atoms with Gasteiger partial charge in [0.15, 0.2) is 0 Å². The standard InChI is InChI=1S/C16H12ClFN2O2S/c17-9-12-8-16(14-5-1-2-6-15(14)18)20(11-12)23(21,22)13-4-3-7-19-10-13/h1-8,10-11H,9H2. The van der Waals surface area contributed by atoms with Crippen LogP contribution < -0.4 is 0 Å². The molecule has 0 unspecified atom stereocenters. The summed E-state index contributed by atoms with van der Waals surface area (Å²) in [5.41, 5.74) is 0.997. The lowest BCUT2D eigenvalue weighted by Gasteiger charge is -2.10. The van der Waals surface area contributed by atoms with Gasteiger partial charge in [-0.25, -0.2) is 16.8 Å². The first-order valence-electron chi connectivity index (χ1n) is 6.72. The van der Waals surface area contributed by atoms with Gasteiger partial charge in [0.2, 0.25) is 0 Å². The molecule has 0 N–H and O–H groups in total. The molecule has 4 nitrogen and oxygen atoms in total. The minimum atomic E-state index is -3.89. The number of pyridine rings is 1. The second-order valence-electron chi connectivity index (χ2n) is 4.84. The summed E-state index contributed by atoms with van der Waals surface area (Å²) in [5.74, 6) is -0.383. The van der Waals surface area contributed by atoms with Crippen LogP contribution >= 0.6 is 11.6 Å². The predicted octanol–water partition coefficient (Wildman–Crippen LogP) is 3.67. The molecule has 1 aromatic carbocycles. The number of alkyl halides is 1. The van der Waals surface area contributed by atoms with Crippen LogP contribution in [-0.2, 0) is 15.9 Å².